The van der Waals surface area contributed by atoms with Crippen molar-refractivity contribution in [2.24, 2.45) is 11.3 Å². The van der Waals surface area contributed by atoms with Gasteiger partial charge < -0.3 is 5.32 Å². The van der Waals surface area contributed by atoms with Crippen molar-refractivity contribution in [2.75, 3.05) is 6.54 Å². The highest BCUT2D eigenvalue weighted by Gasteiger charge is 2.23. The molecule has 1 aromatic rings. The average Bonchev–Trinajstić information content (AvgIpc) is 2.74. The van der Waals surface area contributed by atoms with Crippen molar-refractivity contribution in [3.8, 4) is 0 Å². The molecule has 1 rings (SSSR count). The fourth-order valence-corrected chi connectivity index (χ4v) is 2.52. The Labute approximate surface area is 111 Å². The fourth-order valence-electron chi connectivity index (χ4n) is 1.54. The Morgan fingerprint density at radius 3 is 2.35 bits per heavy atom. The van der Waals surface area contributed by atoms with Crippen molar-refractivity contribution in [3.63, 3.8) is 0 Å². The number of aryl methyl sites for hydroxylation is 1. The average molecular weight is 253 g/mol. The Bertz CT molecular complexity index is 338. The zero-order valence-electron chi connectivity index (χ0n) is 12.1. The lowest BCUT2D eigenvalue weighted by atomic mass is 9.81. The van der Waals surface area contributed by atoms with Crippen LogP contribution in [0.15, 0.2) is 12.1 Å². The third-order valence-electron chi connectivity index (χ3n) is 3.88. The van der Waals surface area contributed by atoms with Crippen LogP contribution in [-0.2, 0) is 6.42 Å². The van der Waals surface area contributed by atoms with Crippen molar-refractivity contribution in [2.45, 2.75) is 54.0 Å². The van der Waals surface area contributed by atoms with Crippen LogP contribution in [-0.4, -0.2) is 6.54 Å². The number of hydrogen-bond donors (Lipinski definition) is 1. The van der Waals surface area contributed by atoms with Gasteiger partial charge in [0, 0.05) is 22.3 Å². The van der Waals surface area contributed by atoms with Crippen LogP contribution in [0.1, 0.15) is 57.3 Å². The van der Waals surface area contributed by atoms with Crippen molar-refractivity contribution in [1.29, 1.82) is 0 Å². The molecule has 1 atom stereocenters. The zero-order chi connectivity index (χ0) is 13.1. The van der Waals surface area contributed by atoms with Gasteiger partial charge in [-0.1, -0.05) is 34.6 Å². The Kier molecular flexibility index (Phi) is 5.21. The van der Waals surface area contributed by atoms with E-state index in [1.54, 1.807) is 0 Å². The first kappa shape index (κ1) is 14.7. The van der Waals surface area contributed by atoms with E-state index < -0.39 is 0 Å². The van der Waals surface area contributed by atoms with E-state index in [-0.39, 0.29) is 0 Å². The highest BCUT2D eigenvalue weighted by Crippen LogP contribution is 2.28. The molecular weight excluding hydrogens is 226 g/mol. The van der Waals surface area contributed by atoms with E-state index >= 15 is 0 Å². The van der Waals surface area contributed by atoms with E-state index in [4.69, 9.17) is 0 Å². The maximum atomic E-state index is 3.67. The first-order chi connectivity index (χ1) is 7.86. The number of thiophene rings is 1. The lowest BCUT2D eigenvalue weighted by molar-refractivity contribution is 0.231. The molecule has 98 valence electrons. The van der Waals surface area contributed by atoms with Crippen molar-refractivity contribution < 1.29 is 0 Å². The van der Waals surface area contributed by atoms with E-state index in [9.17, 15) is 0 Å². The Balaban J connectivity index is 2.52. The van der Waals surface area contributed by atoms with Gasteiger partial charge in [0.25, 0.3) is 0 Å². The number of hydrogen-bond acceptors (Lipinski definition) is 2. The SMILES string of the molecule is CCc1ccc(C(C)NCC(C)(C)C(C)C)s1. The molecule has 0 amide bonds. The molecule has 0 saturated carbocycles. The highest BCUT2D eigenvalue weighted by molar-refractivity contribution is 7.12. The minimum Gasteiger partial charge on any atom is -0.309 e. The van der Waals surface area contributed by atoms with Crippen molar-refractivity contribution in [3.05, 3.63) is 21.9 Å². The standard InChI is InChI=1S/C15H27NS/c1-7-13-8-9-14(17-13)12(4)16-10-15(5,6)11(2)3/h8-9,11-12,16H,7,10H2,1-6H3. The van der Waals surface area contributed by atoms with Crippen LogP contribution in [0, 0.1) is 11.3 Å². The maximum absolute atomic E-state index is 3.67. The van der Waals surface area contributed by atoms with Gasteiger partial charge in [-0.05, 0) is 36.8 Å². The topological polar surface area (TPSA) is 12.0 Å². The molecule has 0 bridgehead atoms. The van der Waals surface area contributed by atoms with Crippen LogP contribution in [0.3, 0.4) is 0 Å². The summed E-state index contributed by atoms with van der Waals surface area (Å²) in [6, 6.07) is 4.99. The second-order valence-electron chi connectivity index (χ2n) is 5.90. The molecule has 0 radical (unpaired) electrons. The first-order valence-corrected chi connectivity index (χ1v) is 7.50. The predicted octanol–water partition coefficient (Wildman–Crippen LogP) is 4.64. The van der Waals surface area contributed by atoms with Gasteiger partial charge in [0.2, 0.25) is 0 Å². The summed E-state index contributed by atoms with van der Waals surface area (Å²) in [5.41, 5.74) is 0.360. The second-order valence-corrected chi connectivity index (χ2v) is 7.10. The van der Waals surface area contributed by atoms with E-state index in [0.717, 1.165) is 13.0 Å². The molecule has 1 aromatic heterocycles. The molecule has 0 aliphatic heterocycles. The van der Waals surface area contributed by atoms with Crippen LogP contribution in [0.25, 0.3) is 0 Å². The molecule has 2 heteroatoms. The van der Waals surface area contributed by atoms with Gasteiger partial charge >= 0.3 is 0 Å². The smallest absolute Gasteiger partial charge is 0.0386 e. The lowest BCUT2D eigenvalue weighted by Crippen LogP contribution is -2.34. The third-order valence-corrected chi connectivity index (χ3v) is 5.30. The molecule has 1 heterocycles. The highest BCUT2D eigenvalue weighted by atomic mass is 32.1. The minimum absolute atomic E-state index is 0.360. The van der Waals surface area contributed by atoms with Gasteiger partial charge in [-0.25, -0.2) is 0 Å². The van der Waals surface area contributed by atoms with Gasteiger partial charge in [0.1, 0.15) is 0 Å². The minimum atomic E-state index is 0.360. The largest absolute Gasteiger partial charge is 0.309 e. The molecule has 1 unspecified atom stereocenters. The van der Waals surface area contributed by atoms with Gasteiger partial charge in [-0.2, -0.15) is 0 Å². The van der Waals surface area contributed by atoms with Crippen LogP contribution in [0.2, 0.25) is 0 Å². The molecule has 0 aliphatic carbocycles. The molecular formula is C15H27NS. The van der Waals surface area contributed by atoms with Crippen molar-refractivity contribution in [1.82, 2.24) is 5.32 Å². The molecule has 1 nitrogen and oxygen atoms in total. The zero-order valence-corrected chi connectivity index (χ0v) is 12.9. The first-order valence-electron chi connectivity index (χ1n) is 6.68. The molecule has 0 fully saturated rings. The van der Waals surface area contributed by atoms with E-state index in [1.165, 1.54) is 9.75 Å². The summed E-state index contributed by atoms with van der Waals surface area (Å²) in [6.07, 6.45) is 1.15. The van der Waals surface area contributed by atoms with Gasteiger partial charge in [0.15, 0.2) is 0 Å². The third kappa shape index (κ3) is 4.11. The summed E-state index contributed by atoms with van der Waals surface area (Å²) in [4.78, 5) is 2.94. The monoisotopic (exact) mass is 253 g/mol. The molecule has 0 spiro atoms. The Morgan fingerprint density at radius 1 is 1.24 bits per heavy atom. The summed E-state index contributed by atoms with van der Waals surface area (Å²) in [7, 11) is 0. The summed E-state index contributed by atoms with van der Waals surface area (Å²) in [6.45, 7) is 14.8. The van der Waals surface area contributed by atoms with Crippen LogP contribution < -0.4 is 5.32 Å². The van der Waals surface area contributed by atoms with Gasteiger partial charge in [-0.15, -0.1) is 11.3 Å². The van der Waals surface area contributed by atoms with Crippen molar-refractivity contribution >= 4 is 11.3 Å². The molecule has 0 saturated heterocycles. The summed E-state index contributed by atoms with van der Waals surface area (Å²) in [5, 5.41) is 3.67. The molecule has 0 aromatic carbocycles. The second kappa shape index (κ2) is 6.01. The van der Waals surface area contributed by atoms with Gasteiger partial charge in [0.05, 0.1) is 0 Å². The van der Waals surface area contributed by atoms with E-state index in [0.29, 0.717) is 17.4 Å². The molecule has 1 N–H and O–H groups in total. The Hall–Kier alpha value is -0.340. The van der Waals surface area contributed by atoms with E-state index in [1.807, 2.05) is 11.3 Å². The quantitative estimate of drug-likeness (QED) is 0.778. The van der Waals surface area contributed by atoms with Crippen LogP contribution >= 0.6 is 11.3 Å². The maximum Gasteiger partial charge on any atom is 0.0386 e. The normalized spacial score (nSPS) is 14.3. The Morgan fingerprint density at radius 2 is 1.88 bits per heavy atom. The molecule has 0 aliphatic rings. The summed E-state index contributed by atoms with van der Waals surface area (Å²) < 4.78 is 0. The summed E-state index contributed by atoms with van der Waals surface area (Å²) in [5.74, 6) is 0.705. The van der Waals surface area contributed by atoms with Crippen LogP contribution in [0.4, 0.5) is 0 Å². The lowest BCUT2D eigenvalue weighted by Gasteiger charge is -2.31. The van der Waals surface area contributed by atoms with Crippen LogP contribution in [0.5, 0.6) is 0 Å². The fraction of sp³-hybridized carbons (Fsp3) is 0.733. The van der Waals surface area contributed by atoms with Gasteiger partial charge in [-0.3, -0.25) is 0 Å². The number of nitrogens with one attached hydrogen (secondary N) is 1. The van der Waals surface area contributed by atoms with E-state index in [2.05, 4.69) is 59.0 Å². The number of rotatable bonds is 6. The summed E-state index contributed by atoms with van der Waals surface area (Å²) >= 11 is 1.94. The molecule has 17 heavy (non-hydrogen) atoms. The predicted molar refractivity (Wildman–Crippen MR) is 78.7 cm³/mol.